The molecule has 1 saturated heterocycles. The molecule has 4 heteroatoms. The van der Waals surface area contributed by atoms with E-state index in [0.717, 1.165) is 38.3 Å². The lowest BCUT2D eigenvalue weighted by atomic mass is 10.1. The first-order chi connectivity index (χ1) is 10.2. The lowest BCUT2D eigenvalue weighted by Gasteiger charge is -2.34. The Bertz CT molecular complexity index is 511. The minimum atomic E-state index is -0.271. The Kier molecular flexibility index (Phi) is 6.19. The van der Waals surface area contributed by atoms with Gasteiger partial charge in [-0.2, -0.15) is 0 Å². The number of benzene rings is 1. The van der Waals surface area contributed by atoms with E-state index in [1.54, 1.807) is 0 Å². The van der Waals surface area contributed by atoms with Gasteiger partial charge in [0.2, 0.25) is 0 Å². The quantitative estimate of drug-likeness (QED) is 0.856. The zero-order valence-electron chi connectivity index (χ0n) is 12.7. The van der Waals surface area contributed by atoms with Gasteiger partial charge in [-0.1, -0.05) is 24.8 Å². The monoisotopic (exact) mass is 289 g/mol. The zero-order chi connectivity index (χ0) is 15.1. The van der Waals surface area contributed by atoms with E-state index in [2.05, 4.69) is 28.6 Å². The third-order valence-electron chi connectivity index (χ3n) is 3.77. The summed E-state index contributed by atoms with van der Waals surface area (Å²) in [6.45, 7) is 8.89. The van der Waals surface area contributed by atoms with E-state index in [-0.39, 0.29) is 12.4 Å². The Labute approximate surface area is 126 Å². The van der Waals surface area contributed by atoms with E-state index in [9.17, 15) is 4.39 Å². The lowest BCUT2D eigenvalue weighted by molar-refractivity contribution is 0.127. The third kappa shape index (κ3) is 4.82. The fourth-order valence-electron chi connectivity index (χ4n) is 2.66. The molecule has 3 nitrogen and oxygen atoms in total. The normalized spacial score (nSPS) is 16.5. The van der Waals surface area contributed by atoms with Crippen molar-refractivity contribution in [1.82, 2.24) is 9.80 Å². The summed E-state index contributed by atoms with van der Waals surface area (Å²) in [6, 6.07) is 5.20. The van der Waals surface area contributed by atoms with Crippen LogP contribution < -0.4 is 5.73 Å². The molecule has 1 aromatic carbocycles. The third-order valence-corrected chi connectivity index (χ3v) is 3.77. The molecule has 0 atom stereocenters. The number of hydrogen-bond acceptors (Lipinski definition) is 3. The molecule has 0 aromatic heterocycles. The van der Waals surface area contributed by atoms with Gasteiger partial charge in [0.25, 0.3) is 0 Å². The Hall–Kier alpha value is -1.41. The summed E-state index contributed by atoms with van der Waals surface area (Å²) in [5.41, 5.74) is 6.90. The predicted octanol–water partition coefficient (Wildman–Crippen LogP) is 1.66. The molecule has 1 aliphatic rings. The molecule has 2 rings (SSSR count). The molecule has 0 aliphatic carbocycles. The molecule has 0 unspecified atom stereocenters. The lowest BCUT2D eigenvalue weighted by Crippen LogP contribution is -2.45. The molecule has 1 aromatic rings. The minimum absolute atomic E-state index is 0.253. The average molecular weight is 289 g/mol. The average Bonchev–Trinajstić information content (AvgIpc) is 2.50. The first-order valence-electron chi connectivity index (χ1n) is 7.65. The van der Waals surface area contributed by atoms with Crippen molar-refractivity contribution in [3.8, 4) is 11.8 Å². The minimum Gasteiger partial charge on any atom is -0.320 e. The van der Waals surface area contributed by atoms with Gasteiger partial charge >= 0.3 is 0 Å². The molecular formula is C17H24FN3. The van der Waals surface area contributed by atoms with Crippen LogP contribution >= 0.6 is 0 Å². The van der Waals surface area contributed by atoms with Crippen molar-refractivity contribution in [2.24, 2.45) is 5.73 Å². The number of nitrogens with two attached hydrogens (primary N) is 1. The Morgan fingerprint density at radius 1 is 1.19 bits per heavy atom. The summed E-state index contributed by atoms with van der Waals surface area (Å²) in [5, 5.41) is 0. The zero-order valence-corrected chi connectivity index (χ0v) is 12.7. The van der Waals surface area contributed by atoms with Crippen LogP contribution in [0, 0.1) is 17.7 Å². The van der Waals surface area contributed by atoms with Gasteiger partial charge in [-0.05, 0) is 30.7 Å². The highest BCUT2D eigenvalue weighted by atomic mass is 19.1. The molecule has 114 valence electrons. The van der Waals surface area contributed by atoms with Crippen LogP contribution in [-0.4, -0.2) is 49.1 Å². The highest BCUT2D eigenvalue weighted by Gasteiger charge is 2.16. The number of rotatable bonds is 4. The van der Waals surface area contributed by atoms with Crippen LogP contribution in [0.4, 0.5) is 4.39 Å². The molecule has 2 N–H and O–H groups in total. The summed E-state index contributed by atoms with van der Waals surface area (Å²) in [4.78, 5) is 4.92. The van der Waals surface area contributed by atoms with Gasteiger partial charge in [0.1, 0.15) is 5.82 Å². The largest absolute Gasteiger partial charge is 0.320 e. The van der Waals surface area contributed by atoms with E-state index in [0.29, 0.717) is 5.56 Å². The van der Waals surface area contributed by atoms with Crippen molar-refractivity contribution in [2.75, 3.05) is 39.3 Å². The van der Waals surface area contributed by atoms with Crippen molar-refractivity contribution < 1.29 is 4.39 Å². The van der Waals surface area contributed by atoms with Crippen LogP contribution in [0.15, 0.2) is 18.2 Å². The fourth-order valence-corrected chi connectivity index (χ4v) is 2.66. The molecule has 0 radical (unpaired) electrons. The second-order valence-corrected chi connectivity index (χ2v) is 5.44. The van der Waals surface area contributed by atoms with E-state index in [4.69, 9.17) is 5.73 Å². The first kappa shape index (κ1) is 16.0. The predicted molar refractivity (Wildman–Crippen MR) is 84.3 cm³/mol. The molecular weight excluding hydrogens is 265 g/mol. The van der Waals surface area contributed by atoms with Crippen molar-refractivity contribution in [2.45, 2.75) is 19.9 Å². The molecule has 0 amide bonds. The van der Waals surface area contributed by atoms with Gasteiger partial charge < -0.3 is 10.6 Å². The van der Waals surface area contributed by atoms with Gasteiger partial charge in [0.05, 0.1) is 12.1 Å². The van der Waals surface area contributed by atoms with Gasteiger partial charge in [-0.15, -0.1) is 0 Å². The fraction of sp³-hybridized carbons (Fsp3) is 0.529. The summed E-state index contributed by atoms with van der Waals surface area (Å²) in [6.07, 6.45) is 1.21. The molecule has 1 heterocycles. The molecule has 0 spiro atoms. The van der Waals surface area contributed by atoms with Crippen molar-refractivity contribution in [1.29, 1.82) is 0 Å². The molecule has 21 heavy (non-hydrogen) atoms. The van der Waals surface area contributed by atoms with Gasteiger partial charge in [0, 0.05) is 32.7 Å². The van der Waals surface area contributed by atoms with Gasteiger partial charge in [-0.3, -0.25) is 4.90 Å². The summed E-state index contributed by atoms with van der Waals surface area (Å²) >= 11 is 0. The van der Waals surface area contributed by atoms with Crippen LogP contribution in [-0.2, 0) is 6.54 Å². The van der Waals surface area contributed by atoms with Crippen LogP contribution in [0.2, 0.25) is 0 Å². The summed E-state index contributed by atoms with van der Waals surface area (Å²) in [5.74, 6) is 5.24. The van der Waals surface area contributed by atoms with Crippen LogP contribution in [0.25, 0.3) is 0 Å². The molecule has 1 fully saturated rings. The molecule has 0 bridgehead atoms. The van der Waals surface area contributed by atoms with Crippen molar-refractivity contribution in [3.05, 3.63) is 35.1 Å². The van der Waals surface area contributed by atoms with E-state index >= 15 is 0 Å². The summed E-state index contributed by atoms with van der Waals surface area (Å²) < 4.78 is 13.6. The maximum absolute atomic E-state index is 13.6. The smallest absolute Gasteiger partial charge is 0.138 e. The molecule has 0 saturated carbocycles. The SMILES string of the molecule is CCCN1CCN(Cc2ccc(F)c(C#CCN)c2)CC1. The van der Waals surface area contributed by atoms with Gasteiger partial charge in [0.15, 0.2) is 0 Å². The Morgan fingerprint density at radius 3 is 2.57 bits per heavy atom. The van der Waals surface area contributed by atoms with Crippen molar-refractivity contribution in [3.63, 3.8) is 0 Å². The highest BCUT2D eigenvalue weighted by Crippen LogP contribution is 2.13. The maximum Gasteiger partial charge on any atom is 0.138 e. The maximum atomic E-state index is 13.6. The van der Waals surface area contributed by atoms with Crippen LogP contribution in [0.3, 0.4) is 0 Å². The van der Waals surface area contributed by atoms with Gasteiger partial charge in [-0.25, -0.2) is 4.39 Å². The Balaban J connectivity index is 1.94. The van der Waals surface area contributed by atoms with E-state index < -0.39 is 0 Å². The second kappa shape index (κ2) is 8.14. The van der Waals surface area contributed by atoms with Crippen LogP contribution in [0.1, 0.15) is 24.5 Å². The number of hydrogen-bond donors (Lipinski definition) is 1. The van der Waals surface area contributed by atoms with Crippen molar-refractivity contribution >= 4 is 0 Å². The van der Waals surface area contributed by atoms with E-state index in [1.807, 2.05) is 12.1 Å². The highest BCUT2D eigenvalue weighted by molar-refractivity contribution is 5.38. The standard InChI is InChI=1S/C17H24FN3/c1-2-8-20-9-11-21(12-10-20)14-15-5-6-17(18)16(13-15)4-3-7-19/h5-6,13H,2,7-12,14,19H2,1H3. The first-order valence-corrected chi connectivity index (χ1v) is 7.65. The number of halogens is 1. The Morgan fingerprint density at radius 2 is 1.90 bits per heavy atom. The number of piperazine rings is 1. The topological polar surface area (TPSA) is 32.5 Å². The molecule has 1 aliphatic heterocycles. The van der Waals surface area contributed by atoms with Crippen LogP contribution in [0.5, 0.6) is 0 Å². The summed E-state index contributed by atoms with van der Waals surface area (Å²) in [7, 11) is 0. The second-order valence-electron chi connectivity index (χ2n) is 5.44. The van der Waals surface area contributed by atoms with E-state index in [1.165, 1.54) is 19.0 Å². The number of nitrogens with zero attached hydrogens (tertiary/aromatic N) is 2.